The van der Waals surface area contributed by atoms with Gasteiger partial charge in [0.05, 0.1) is 18.5 Å². The van der Waals surface area contributed by atoms with Crippen molar-refractivity contribution in [3.63, 3.8) is 0 Å². The van der Waals surface area contributed by atoms with Crippen molar-refractivity contribution < 1.29 is 18.9 Å². The lowest BCUT2D eigenvalue weighted by Gasteiger charge is -2.36. The monoisotopic (exact) mass is 416 g/mol. The van der Waals surface area contributed by atoms with Crippen LogP contribution in [0.5, 0.6) is 11.5 Å². The van der Waals surface area contributed by atoms with Gasteiger partial charge >= 0.3 is 0 Å². The summed E-state index contributed by atoms with van der Waals surface area (Å²) in [6.07, 6.45) is 0.0789. The van der Waals surface area contributed by atoms with Gasteiger partial charge in [0, 0.05) is 6.07 Å². The number of ether oxygens (including phenoxy) is 1. The lowest BCUT2D eigenvalue weighted by Crippen LogP contribution is -2.44. The van der Waals surface area contributed by atoms with E-state index in [4.69, 9.17) is 9.16 Å². The first-order chi connectivity index (χ1) is 13.4. The predicted molar refractivity (Wildman–Crippen MR) is 116 cm³/mol. The fraction of sp³-hybridized carbons (Fsp3) is 0.381. The van der Waals surface area contributed by atoms with Gasteiger partial charge in [0.2, 0.25) is 5.91 Å². The SMILES string of the molecule is COc1ccc(CC(=O)Nc2c(O[Si](C)(C)C(C)(C)C)cccc2[N+](=O)[O-])cc1. The molecular weight excluding hydrogens is 388 g/mol. The molecular formula is C21H28N2O5Si. The molecule has 7 nitrogen and oxygen atoms in total. The number of nitrogens with one attached hydrogen (secondary N) is 1. The van der Waals surface area contributed by atoms with Crippen LogP contribution in [0.4, 0.5) is 11.4 Å². The molecule has 2 aromatic rings. The fourth-order valence-electron chi connectivity index (χ4n) is 2.42. The zero-order valence-electron chi connectivity index (χ0n) is 17.7. The van der Waals surface area contributed by atoms with Gasteiger partial charge in [-0.3, -0.25) is 14.9 Å². The Morgan fingerprint density at radius 2 is 1.76 bits per heavy atom. The summed E-state index contributed by atoms with van der Waals surface area (Å²) in [5, 5.41) is 14.1. The molecule has 0 bridgehead atoms. The first kappa shape index (κ1) is 22.4. The maximum atomic E-state index is 12.6. The maximum Gasteiger partial charge on any atom is 0.296 e. The molecule has 2 aromatic carbocycles. The zero-order valence-corrected chi connectivity index (χ0v) is 18.7. The van der Waals surface area contributed by atoms with E-state index in [-0.39, 0.29) is 28.7 Å². The van der Waals surface area contributed by atoms with Gasteiger partial charge in [-0.2, -0.15) is 0 Å². The van der Waals surface area contributed by atoms with E-state index >= 15 is 0 Å². The van der Waals surface area contributed by atoms with Crippen molar-refractivity contribution in [3.05, 3.63) is 58.1 Å². The van der Waals surface area contributed by atoms with Crippen molar-refractivity contribution in [1.29, 1.82) is 0 Å². The Morgan fingerprint density at radius 3 is 2.28 bits per heavy atom. The Morgan fingerprint density at radius 1 is 1.14 bits per heavy atom. The molecule has 2 rings (SSSR count). The average Bonchev–Trinajstić information content (AvgIpc) is 2.62. The molecule has 0 unspecified atom stereocenters. The molecule has 0 fully saturated rings. The van der Waals surface area contributed by atoms with Crippen molar-refractivity contribution in [3.8, 4) is 11.5 Å². The minimum Gasteiger partial charge on any atom is -0.542 e. The van der Waals surface area contributed by atoms with Crippen LogP contribution in [0.1, 0.15) is 26.3 Å². The van der Waals surface area contributed by atoms with E-state index in [1.54, 1.807) is 43.5 Å². The third kappa shape index (κ3) is 5.57. The largest absolute Gasteiger partial charge is 0.542 e. The summed E-state index contributed by atoms with van der Waals surface area (Å²) in [5.74, 6) is 0.663. The molecule has 0 spiro atoms. The number of carbonyl (C=O) groups is 1. The van der Waals surface area contributed by atoms with Gasteiger partial charge in [0.25, 0.3) is 14.0 Å². The number of methoxy groups -OCH3 is 1. The third-order valence-corrected chi connectivity index (χ3v) is 9.50. The lowest BCUT2D eigenvalue weighted by atomic mass is 10.1. The van der Waals surface area contributed by atoms with E-state index in [0.717, 1.165) is 5.56 Å². The molecule has 0 radical (unpaired) electrons. The molecule has 0 atom stereocenters. The van der Waals surface area contributed by atoms with Gasteiger partial charge in [0.1, 0.15) is 11.5 Å². The van der Waals surface area contributed by atoms with Crippen molar-refractivity contribution in [2.45, 2.75) is 45.3 Å². The standard InChI is InChI=1S/C21H28N2O5Si/c1-21(2,3)29(5,6)28-18-9-7-8-17(23(25)26)20(18)22-19(24)14-15-10-12-16(27-4)13-11-15/h7-13H,14H2,1-6H3,(H,22,24). The number of rotatable bonds is 7. The molecule has 1 N–H and O–H groups in total. The summed E-state index contributed by atoms with van der Waals surface area (Å²) in [4.78, 5) is 23.6. The van der Waals surface area contributed by atoms with Crippen molar-refractivity contribution in [1.82, 2.24) is 0 Å². The summed E-state index contributed by atoms with van der Waals surface area (Å²) in [7, 11) is -0.689. The molecule has 0 aliphatic rings. The van der Waals surface area contributed by atoms with Gasteiger partial charge < -0.3 is 14.5 Å². The van der Waals surface area contributed by atoms with E-state index in [0.29, 0.717) is 11.5 Å². The summed E-state index contributed by atoms with van der Waals surface area (Å²) < 4.78 is 11.4. The lowest BCUT2D eigenvalue weighted by molar-refractivity contribution is -0.384. The van der Waals surface area contributed by atoms with Crippen LogP contribution in [0.2, 0.25) is 18.1 Å². The maximum absolute atomic E-state index is 12.6. The van der Waals surface area contributed by atoms with Crippen molar-refractivity contribution >= 4 is 25.6 Å². The number of hydrogen-bond donors (Lipinski definition) is 1. The normalized spacial score (nSPS) is 11.7. The first-order valence-corrected chi connectivity index (χ1v) is 12.2. The fourth-order valence-corrected chi connectivity index (χ4v) is 3.45. The molecule has 0 aliphatic carbocycles. The Kier molecular flexibility index (Phi) is 6.68. The molecule has 0 heterocycles. The number of carbonyl (C=O) groups excluding carboxylic acids is 1. The van der Waals surface area contributed by atoms with Gasteiger partial charge in [-0.05, 0) is 41.9 Å². The van der Waals surface area contributed by atoms with Crippen molar-refractivity contribution in [2.24, 2.45) is 0 Å². The number of amides is 1. The van der Waals surface area contributed by atoms with Crippen LogP contribution in [0.3, 0.4) is 0 Å². The molecule has 1 amide bonds. The van der Waals surface area contributed by atoms with Gasteiger partial charge in [-0.25, -0.2) is 0 Å². The highest BCUT2D eigenvalue weighted by atomic mass is 28.4. The van der Waals surface area contributed by atoms with Crippen LogP contribution < -0.4 is 14.5 Å². The van der Waals surface area contributed by atoms with Gasteiger partial charge in [-0.1, -0.05) is 39.0 Å². The zero-order chi connectivity index (χ0) is 21.8. The first-order valence-electron chi connectivity index (χ1n) is 9.34. The van der Waals surface area contributed by atoms with E-state index in [2.05, 4.69) is 39.2 Å². The minimum atomic E-state index is -2.26. The highest BCUT2D eigenvalue weighted by Crippen LogP contribution is 2.41. The summed E-state index contributed by atoms with van der Waals surface area (Å²) >= 11 is 0. The summed E-state index contributed by atoms with van der Waals surface area (Å²) in [5.41, 5.74) is 0.680. The van der Waals surface area contributed by atoms with Crippen LogP contribution in [0.25, 0.3) is 0 Å². The second-order valence-electron chi connectivity index (χ2n) is 8.34. The minimum absolute atomic E-state index is 0.0789. The highest BCUT2D eigenvalue weighted by molar-refractivity contribution is 6.74. The summed E-state index contributed by atoms with van der Waals surface area (Å²) in [6.45, 7) is 10.3. The number of nitro groups is 1. The van der Waals surface area contributed by atoms with Crippen LogP contribution >= 0.6 is 0 Å². The highest BCUT2D eigenvalue weighted by Gasteiger charge is 2.40. The molecule has 0 saturated heterocycles. The van der Waals surface area contributed by atoms with E-state index in [9.17, 15) is 14.9 Å². The number of nitrogens with zero attached hydrogens (tertiary/aromatic N) is 1. The second-order valence-corrected chi connectivity index (χ2v) is 13.1. The molecule has 29 heavy (non-hydrogen) atoms. The van der Waals surface area contributed by atoms with Gasteiger partial charge in [-0.15, -0.1) is 0 Å². The number of para-hydroxylation sites is 1. The van der Waals surface area contributed by atoms with Crippen LogP contribution in [0.15, 0.2) is 42.5 Å². The Hall–Kier alpha value is -2.87. The topological polar surface area (TPSA) is 90.7 Å². The molecule has 8 heteroatoms. The number of anilines is 1. The molecule has 0 aliphatic heterocycles. The predicted octanol–water partition coefficient (Wildman–Crippen LogP) is 5.17. The number of nitro benzene ring substituents is 1. The van der Waals surface area contributed by atoms with Crippen LogP contribution in [-0.2, 0) is 11.2 Å². The smallest absolute Gasteiger partial charge is 0.296 e. The van der Waals surface area contributed by atoms with E-state index in [1.807, 2.05) is 0 Å². The average molecular weight is 417 g/mol. The van der Waals surface area contributed by atoms with Crippen molar-refractivity contribution in [2.75, 3.05) is 12.4 Å². The summed E-state index contributed by atoms with van der Waals surface area (Å²) in [6, 6.07) is 11.7. The Bertz CT molecular complexity index is 889. The Labute approximate surface area is 172 Å². The second kappa shape index (κ2) is 8.65. The van der Waals surface area contributed by atoms with Crippen LogP contribution in [0, 0.1) is 10.1 Å². The van der Waals surface area contributed by atoms with Crippen LogP contribution in [-0.4, -0.2) is 26.3 Å². The molecule has 0 aromatic heterocycles. The quantitative estimate of drug-likeness (QED) is 0.382. The third-order valence-electron chi connectivity index (χ3n) is 5.16. The Balaban J connectivity index is 2.31. The number of benzene rings is 2. The van der Waals surface area contributed by atoms with E-state index in [1.165, 1.54) is 6.07 Å². The molecule has 0 saturated carbocycles. The molecule has 156 valence electrons. The van der Waals surface area contributed by atoms with Gasteiger partial charge in [0.15, 0.2) is 5.69 Å². The number of hydrogen-bond acceptors (Lipinski definition) is 5. The van der Waals surface area contributed by atoms with E-state index < -0.39 is 13.2 Å².